The van der Waals surface area contributed by atoms with Crippen LogP contribution < -0.4 is 4.90 Å². The number of nitrogens with zero attached hydrogens (tertiary/aromatic N) is 4. The molecule has 0 radical (unpaired) electrons. The van der Waals surface area contributed by atoms with Gasteiger partial charge in [-0.3, -0.25) is 4.79 Å². The summed E-state index contributed by atoms with van der Waals surface area (Å²) in [6, 6.07) is 1.93. The Labute approximate surface area is 130 Å². The Hall–Kier alpha value is -1.30. The monoisotopic (exact) mass is 306 g/mol. The SMILES string of the molecule is CC(C)c1nccc(N2CC(C(=O)N3CCSCC3)C2)n1. The van der Waals surface area contributed by atoms with Crippen LogP contribution in [0.1, 0.15) is 25.6 Å². The molecular formula is C15H22N4OS. The van der Waals surface area contributed by atoms with Gasteiger partial charge < -0.3 is 9.80 Å². The third kappa shape index (κ3) is 3.15. The van der Waals surface area contributed by atoms with Crippen LogP contribution in [0, 0.1) is 5.92 Å². The lowest BCUT2D eigenvalue weighted by Gasteiger charge is -2.42. The molecule has 3 rings (SSSR count). The maximum absolute atomic E-state index is 12.4. The summed E-state index contributed by atoms with van der Waals surface area (Å²) in [4.78, 5) is 25.5. The van der Waals surface area contributed by atoms with Crippen molar-refractivity contribution in [1.82, 2.24) is 14.9 Å². The molecule has 0 spiro atoms. The first-order valence-electron chi connectivity index (χ1n) is 7.59. The quantitative estimate of drug-likeness (QED) is 0.849. The summed E-state index contributed by atoms with van der Waals surface area (Å²) >= 11 is 1.93. The Morgan fingerprint density at radius 1 is 1.33 bits per heavy atom. The van der Waals surface area contributed by atoms with Crippen molar-refractivity contribution in [3.05, 3.63) is 18.1 Å². The maximum Gasteiger partial charge on any atom is 0.229 e. The lowest BCUT2D eigenvalue weighted by atomic mass is 9.98. The van der Waals surface area contributed by atoms with Crippen molar-refractivity contribution in [3.63, 3.8) is 0 Å². The van der Waals surface area contributed by atoms with Crippen molar-refractivity contribution in [3.8, 4) is 0 Å². The highest BCUT2D eigenvalue weighted by Crippen LogP contribution is 2.25. The largest absolute Gasteiger partial charge is 0.355 e. The van der Waals surface area contributed by atoms with E-state index in [0.717, 1.165) is 49.3 Å². The smallest absolute Gasteiger partial charge is 0.229 e. The summed E-state index contributed by atoms with van der Waals surface area (Å²) in [5, 5.41) is 0. The fourth-order valence-corrected chi connectivity index (χ4v) is 3.58. The van der Waals surface area contributed by atoms with Crippen LogP contribution in [-0.2, 0) is 4.79 Å². The Balaban J connectivity index is 1.57. The van der Waals surface area contributed by atoms with Crippen molar-refractivity contribution < 1.29 is 4.79 Å². The van der Waals surface area contributed by atoms with Crippen LogP contribution in [0.25, 0.3) is 0 Å². The highest BCUT2D eigenvalue weighted by Gasteiger charge is 2.36. The van der Waals surface area contributed by atoms with Gasteiger partial charge in [0.25, 0.3) is 0 Å². The molecule has 0 aliphatic carbocycles. The fourth-order valence-electron chi connectivity index (χ4n) is 2.68. The van der Waals surface area contributed by atoms with E-state index < -0.39 is 0 Å². The molecule has 114 valence electrons. The molecule has 6 heteroatoms. The zero-order valence-corrected chi connectivity index (χ0v) is 13.5. The number of carbonyl (C=O) groups excluding carboxylic acids is 1. The lowest BCUT2D eigenvalue weighted by Crippen LogP contribution is -2.56. The Bertz CT molecular complexity index is 510. The highest BCUT2D eigenvalue weighted by molar-refractivity contribution is 7.99. The average molecular weight is 306 g/mol. The normalized spacial score (nSPS) is 19.8. The zero-order chi connectivity index (χ0) is 14.8. The van der Waals surface area contributed by atoms with Gasteiger partial charge in [-0.1, -0.05) is 13.8 Å². The molecule has 2 aliphatic rings. The summed E-state index contributed by atoms with van der Waals surface area (Å²) in [5.41, 5.74) is 0. The Morgan fingerprint density at radius 2 is 2.05 bits per heavy atom. The van der Waals surface area contributed by atoms with Crippen LogP contribution in [0.4, 0.5) is 5.82 Å². The number of hydrogen-bond acceptors (Lipinski definition) is 5. The maximum atomic E-state index is 12.4. The second-order valence-electron chi connectivity index (χ2n) is 5.97. The van der Waals surface area contributed by atoms with Gasteiger partial charge in [-0.05, 0) is 6.07 Å². The molecule has 2 saturated heterocycles. The molecule has 0 N–H and O–H groups in total. The first-order valence-corrected chi connectivity index (χ1v) is 8.75. The summed E-state index contributed by atoms with van der Waals surface area (Å²) in [5.74, 6) is 4.77. The van der Waals surface area contributed by atoms with E-state index in [9.17, 15) is 4.79 Å². The summed E-state index contributed by atoms with van der Waals surface area (Å²) in [6.07, 6.45) is 1.81. The van der Waals surface area contributed by atoms with Crippen molar-refractivity contribution in [1.29, 1.82) is 0 Å². The molecule has 3 heterocycles. The molecule has 5 nitrogen and oxygen atoms in total. The molecule has 1 amide bonds. The van der Waals surface area contributed by atoms with Gasteiger partial charge in [0.15, 0.2) is 0 Å². The van der Waals surface area contributed by atoms with Crippen molar-refractivity contribution in [2.75, 3.05) is 42.6 Å². The summed E-state index contributed by atoms with van der Waals surface area (Å²) in [6.45, 7) is 7.58. The van der Waals surface area contributed by atoms with Crippen molar-refractivity contribution in [2.45, 2.75) is 19.8 Å². The van der Waals surface area contributed by atoms with E-state index in [4.69, 9.17) is 0 Å². The van der Waals surface area contributed by atoms with E-state index in [2.05, 4.69) is 28.7 Å². The van der Waals surface area contributed by atoms with Crippen LogP contribution in [0.15, 0.2) is 12.3 Å². The predicted molar refractivity (Wildman–Crippen MR) is 85.7 cm³/mol. The third-order valence-electron chi connectivity index (χ3n) is 4.05. The molecule has 1 aromatic rings. The van der Waals surface area contributed by atoms with Gasteiger partial charge in [-0.15, -0.1) is 0 Å². The van der Waals surface area contributed by atoms with Crippen LogP contribution in [-0.4, -0.2) is 58.5 Å². The minimum atomic E-state index is 0.144. The van der Waals surface area contributed by atoms with Crippen LogP contribution in [0.3, 0.4) is 0 Å². The zero-order valence-electron chi connectivity index (χ0n) is 12.7. The van der Waals surface area contributed by atoms with Gasteiger partial charge in [0.2, 0.25) is 5.91 Å². The molecule has 0 saturated carbocycles. The number of thioether (sulfide) groups is 1. The Kier molecular flexibility index (Phi) is 4.33. The molecular weight excluding hydrogens is 284 g/mol. The number of rotatable bonds is 3. The minimum absolute atomic E-state index is 0.144. The number of hydrogen-bond donors (Lipinski definition) is 0. The molecule has 0 bridgehead atoms. The predicted octanol–water partition coefficient (Wildman–Crippen LogP) is 1.61. The van der Waals surface area contributed by atoms with E-state index in [-0.39, 0.29) is 5.92 Å². The van der Waals surface area contributed by atoms with Crippen LogP contribution in [0.5, 0.6) is 0 Å². The van der Waals surface area contributed by atoms with Gasteiger partial charge in [-0.2, -0.15) is 11.8 Å². The lowest BCUT2D eigenvalue weighted by molar-refractivity contribution is -0.135. The second-order valence-corrected chi connectivity index (χ2v) is 7.19. The van der Waals surface area contributed by atoms with Crippen LogP contribution >= 0.6 is 11.8 Å². The summed E-state index contributed by atoms with van der Waals surface area (Å²) in [7, 11) is 0. The fraction of sp³-hybridized carbons (Fsp3) is 0.667. The van der Waals surface area contributed by atoms with Gasteiger partial charge in [0.05, 0.1) is 5.92 Å². The number of anilines is 1. The second kappa shape index (κ2) is 6.22. The number of aromatic nitrogens is 2. The van der Waals surface area contributed by atoms with Gasteiger partial charge in [0.1, 0.15) is 11.6 Å². The molecule has 2 aliphatic heterocycles. The van der Waals surface area contributed by atoms with Gasteiger partial charge in [-0.25, -0.2) is 9.97 Å². The van der Waals surface area contributed by atoms with E-state index in [1.807, 2.05) is 28.9 Å². The van der Waals surface area contributed by atoms with E-state index >= 15 is 0 Å². The molecule has 0 atom stereocenters. The highest BCUT2D eigenvalue weighted by atomic mass is 32.2. The first-order chi connectivity index (χ1) is 10.1. The van der Waals surface area contributed by atoms with E-state index in [0.29, 0.717) is 11.8 Å². The van der Waals surface area contributed by atoms with E-state index in [1.165, 1.54) is 0 Å². The van der Waals surface area contributed by atoms with Gasteiger partial charge >= 0.3 is 0 Å². The molecule has 0 unspecified atom stereocenters. The minimum Gasteiger partial charge on any atom is -0.355 e. The van der Waals surface area contributed by atoms with Crippen molar-refractivity contribution in [2.24, 2.45) is 5.92 Å². The molecule has 1 aromatic heterocycles. The number of carbonyl (C=O) groups is 1. The third-order valence-corrected chi connectivity index (χ3v) is 5.00. The van der Waals surface area contributed by atoms with Crippen LogP contribution in [0.2, 0.25) is 0 Å². The molecule has 21 heavy (non-hydrogen) atoms. The Morgan fingerprint density at radius 3 is 2.71 bits per heavy atom. The molecule has 2 fully saturated rings. The topological polar surface area (TPSA) is 49.3 Å². The first kappa shape index (κ1) is 14.6. The average Bonchev–Trinajstić information content (AvgIpc) is 2.47. The summed E-state index contributed by atoms with van der Waals surface area (Å²) < 4.78 is 0. The number of amides is 1. The van der Waals surface area contributed by atoms with Gasteiger partial charge in [0, 0.05) is 49.8 Å². The molecule has 0 aromatic carbocycles. The standard InChI is InChI=1S/C15H22N4OS/c1-11(2)14-16-4-3-13(17-14)19-9-12(10-19)15(20)18-5-7-21-8-6-18/h3-4,11-12H,5-10H2,1-2H3. The van der Waals surface area contributed by atoms with Crippen molar-refractivity contribution >= 4 is 23.5 Å². The van der Waals surface area contributed by atoms with E-state index in [1.54, 1.807) is 0 Å².